The number of halogens is 1. The third kappa shape index (κ3) is 6.50. The van der Waals surface area contributed by atoms with Gasteiger partial charge < -0.3 is 14.8 Å². The maximum Gasteiger partial charge on any atom is 0.271 e. The molecule has 0 aliphatic rings. The van der Waals surface area contributed by atoms with Crippen molar-refractivity contribution in [1.82, 2.24) is 5.43 Å². The zero-order valence-electron chi connectivity index (χ0n) is 16.8. The monoisotopic (exact) mass is 417 g/mol. The van der Waals surface area contributed by atoms with E-state index in [-0.39, 0.29) is 11.8 Å². The Morgan fingerprint density at radius 1 is 1.10 bits per heavy atom. The summed E-state index contributed by atoms with van der Waals surface area (Å²) in [4.78, 5) is 24.0. The number of benzene rings is 2. The first-order valence-corrected chi connectivity index (χ1v) is 9.36. The Balaban J connectivity index is 1.99. The number of nitrogens with zero attached hydrogens (tertiary/aromatic N) is 1. The summed E-state index contributed by atoms with van der Waals surface area (Å²) in [6.45, 7) is 3.95. The fraction of sp³-hybridized carbons (Fsp3) is 0.286. The van der Waals surface area contributed by atoms with Crippen LogP contribution in [0.3, 0.4) is 0 Å². The van der Waals surface area contributed by atoms with Crippen LogP contribution in [0.1, 0.15) is 36.2 Å². The van der Waals surface area contributed by atoms with Gasteiger partial charge in [0.1, 0.15) is 0 Å². The zero-order valence-corrected chi connectivity index (χ0v) is 17.5. The van der Waals surface area contributed by atoms with E-state index in [4.69, 9.17) is 21.1 Å². The highest BCUT2D eigenvalue weighted by atomic mass is 35.5. The average Bonchev–Trinajstić information content (AvgIpc) is 2.68. The Morgan fingerprint density at radius 2 is 1.72 bits per heavy atom. The number of carbonyl (C=O) groups excluding carboxylic acids is 2. The summed E-state index contributed by atoms with van der Waals surface area (Å²) in [7, 11) is 3.03. The molecule has 0 saturated carbocycles. The minimum Gasteiger partial charge on any atom is -0.493 e. The summed E-state index contributed by atoms with van der Waals surface area (Å²) in [5.41, 5.74) is 4.04. The van der Waals surface area contributed by atoms with E-state index in [0.29, 0.717) is 39.8 Å². The summed E-state index contributed by atoms with van der Waals surface area (Å²) >= 11 is 6.19. The highest BCUT2D eigenvalue weighted by Crippen LogP contribution is 2.32. The fourth-order valence-electron chi connectivity index (χ4n) is 2.48. The normalized spacial score (nSPS) is 10.8. The maximum absolute atomic E-state index is 12.2. The van der Waals surface area contributed by atoms with Crippen molar-refractivity contribution in [2.45, 2.75) is 20.3 Å². The smallest absolute Gasteiger partial charge is 0.271 e. The summed E-state index contributed by atoms with van der Waals surface area (Å²) in [5.74, 6) is 0.822. The van der Waals surface area contributed by atoms with Crippen molar-refractivity contribution in [1.29, 1.82) is 0 Å². The van der Waals surface area contributed by atoms with Crippen LogP contribution in [0.2, 0.25) is 5.02 Å². The third-order valence-corrected chi connectivity index (χ3v) is 4.22. The van der Waals surface area contributed by atoms with Crippen LogP contribution in [0.15, 0.2) is 41.5 Å². The van der Waals surface area contributed by atoms with Gasteiger partial charge in [-0.15, -0.1) is 0 Å². The Bertz CT molecular complexity index is 896. The van der Waals surface area contributed by atoms with Crippen LogP contribution in [0.25, 0.3) is 0 Å². The quantitative estimate of drug-likeness (QED) is 0.499. The molecule has 154 valence electrons. The molecule has 2 amide bonds. The number of carbonyl (C=O) groups is 2. The molecule has 0 aromatic heterocycles. The largest absolute Gasteiger partial charge is 0.493 e. The van der Waals surface area contributed by atoms with Gasteiger partial charge in [-0.05, 0) is 36.2 Å². The van der Waals surface area contributed by atoms with Crippen LogP contribution < -0.4 is 20.2 Å². The van der Waals surface area contributed by atoms with E-state index in [1.165, 1.54) is 20.4 Å². The number of amides is 2. The van der Waals surface area contributed by atoms with E-state index in [2.05, 4.69) is 15.8 Å². The van der Waals surface area contributed by atoms with Crippen LogP contribution in [0, 0.1) is 5.92 Å². The van der Waals surface area contributed by atoms with Gasteiger partial charge in [0.15, 0.2) is 11.5 Å². The number of rotatable bonds is 8. The number of ether oxygens (including phenoxy) is 2. The summed E-state index contributed by atoms with van der Waals surface area (Å²) < 4.78 is 10.4. The van der Waals surface area contributed by atoms with Crippen LogP contribution in [-0.2, 0) is 4.79 Å². The molecule has 2 rings (SSSR count). The number of hydrogen-bond donors (Lipinski definition) is 2. The second kappa shape index (κ2) is 10.5. The van der Waals surface area contributed by atoms with Crippen molar-refractivity contribution < 1.29 is 19.1 Å². The lowest BCUT2D eigenvalue weighted by Crippen LogP contribution is -2.18. The number of nitrogens with one attached hydrogen (secondary N) is 2. The second-order valence-electron chi connectivity index (χ2n) is 6.65. The average molecular weight is 418 g/mol. The topological polar surface area (TPSA) is 89.0 Å². The number of methoxy groups -OCH3 is 2. The van der Waals surface area contributed by atoms with Gasteiger partial charge in [0.05, 0.1) is 25.5 Å². The fourth-order valence-corrected chi connectivity index (χ4v) is 2.68. The van der Waals surface area contributed by atoms with Gasteiger partial charge in [-0.2, -0.15) is 5.10 Å². The molecule has 0 aliphatic heterocycles. The van der Waals surface area contributed by atoms with E-state index in [9.17, 15) is 9.59 Å². The highest BCUT2D eigenvalue weighted by Gasteiger charge is 2.10. The first-order chi connectivity index (χ1) is 13.8. The molecule has 0 unspecified atom stereocenters. The molecule has 0 fully saturated rings. The molecular formula is C21H24ClN3O4. The molecule has 2 aromatic rings. The van der Waals surface area contributed by atoms with Crippen molar-refractivity contribution in [3.8, 4) is 11.5 Å². The van der Waals surface area contributed by atoms with E-state index in [1.54, 1.807) is 36.4 Å². The Morgan fingerprint density at radius 3 is 2.31 bits per heavy atom. The zero-order chi connectivity index (χ0) is 21.4. The molecule has 2 N–H and O–H groups in total. The maximum atomic E-state index is 12.2. The molecule has 0 spiro atoms. The Kier molecular flexibility index (Phi) is 8.03. The predicted octanol–water partition coefficient (Wildman–Crippen LogP) is 4.11. The standard InChI is InChI=1S/C21H24ClN3O4/c1-13(2)9-20(26)24-16-7-5-14(6-8-16)21(27)25-23-12-15-10-18(28-3)19(29-4)11-17(15)22/h5-8,10-13H,9H2,1-4H3,(H,24,26)(H,25,27)/b23-12+. The van der Waals surface area contributed by atoms with Gasteiger partial charge in [0.2, 0.25) is 5.91 Å². The summed E-state index contributed by atoms with van der Waals surface area (Å²) in [6, 6.07) is 9.82. The lowest BCUT2D eigenvalue weighted by molar-refractivity contribution is -0.116. The van der Waals surface area contributed by atoms with E-state index in [1.807, 2.05) is 13.8 Å². The molecule has 0 aliphatic carbocycles. The third-order valence-electron chi connectivity index (χ3n) is 3.90. The first kappa shape index (κ1) is 22.2. The van der Waals surface area contributed by atoms with Gasteiger partial charge in [-0.25, -0.2) is 5.43 Å². The SMILES string of the molecule is COc1cc(Cl)c(/C=N/NC(=O)c2ccc(NC(=O)CC(C)C)cc2)cc1OC. The van der Waals surface area contributed by atoms with Gasteiger partial charge >= 0.3 is 0 Å². The Hall–Kier alpha value is -3.06. The van der Waals surface area contributed by atoms with E-state index >= 15 is 0 Å². The molecule has 29 heavy (non-hydrogen) atoms. The van der Waals surface area contributed by atoms with E-state index < -0.39 is 5.91 Å². The van der Waals surface area contributed by atoms with Crippen molar-refractivity contribution in [2.75, 3.05) is 19.5 Å². The first-order valence-electron chi connectivity index (χ1n) is 8.99. The predicted molar refractivity (Wildman–Crippen MR) is 114 cm³/mol. The van der Waals surface area contributed by atoms with Gasteiger partial charge in [0.25, 0.3) is 5.91 Å². The highest BCUT2D eigenvalue weighted by molar-refractivity contribution is 6.33. The van der Waals surface area contributed by atoms with E-state index in [0.717, 1.165) is 0 Å². The molecular weight excluding hydrogens is 394 g/mol. The molecule has 0 saturated heterocycles. The van der Waals surface area contributed by atoms with Crippen molar-refractivity contribution in [3.63, 3.8) is 0 Å². The lowest BCUT2D eigenvalue weighted by Gasteiger charge is -2.09. The number of hydrogen-bond acceptors (Lipinski definition) is 5. The minimum atomic E-state index is -0.391. The Labute approximate surface area is 175 Å². The summed E-state index contributed by atoms with van der Waals surface area (Å²) in [5, 5.41) is 7.14. The molecule has 0 atom stereocenters. The molecule has 8 heteroatoms. The van der Waals surface area contributed by atoms with Crippen molar-refractivity contribution >= 4 is 35.3 Å². The van der Waals surface area contributed by atoms with Crippen LogP contribution in [-0.4, -0.2) is 32.2 Å². The van der Waals surface area contributed by atoms with Gasteiger partial charge in [0, 0.05) is 29.3 Å². The van der Waals surface area contributed by atoms with Crippen molar-refractivity contribution in [3.05, 3.63) is 52.5 Å². The number of anilines is 1. The van der Waals surface area contributed by atoms with Crippen LogP contribution in [0.4, 0.5) is 5.69 Å². The minimum absolute atomic E-state index is 0.0615. The molecule has 0 bridgehead atoms. The lowest BCUT2D eigenvalue weighted by atomic mass is 10.1. The summed E-state index contributed by atoms with van der Waals surface area (Å²) in [6.07, 6.45) is 1.86. The van der Waals surface area contributed by atoms with Crippen LogP contribution >= 0.6 is 11.6 Å². The molecule has 0 heterocycles. The molecule has 0 radical (unpaired) electrons. The molecule has 7 nitrogen and oxygen atoms in total. The van der Waals surface area contributed by atoms with Gasteiger partial charge in [-0.3, -0.25) is 9.59 Å². The van der Waals surface area contributed by atoms with Gasteiger partial charge in [-0.1, -0.05) is 25.4 Å². The van der Waals surface area contributed by atoms with Crippen molar-refractivity contribution in [2.24, 2.45) is 11.0 Å². The number of hydrazone groups is 1. The van der Waals surface area contributed by atoms with Crippen LogP contribution in [0.5, 0.6) is 11.5 Å². The second-order valence-corrected chi connectivity index (χ2v) is 7.06. The molecule has 2 aromatic carbocycles.